The van der Waals surface area contributed by atoms with E-state index < -0.39 is 0 Å². The van der Waals surface area contributed by atoms with E-state index in [4.69, 9.17) is 11.6 Å². The zero-order chi connectivity index (χ0) is 13.1. The molecule has 0 aliphatic carbocycles. The minimum atomic E-state index is -0.0535. The highest BCUT2D eigenvalue weighted by Gasteiger charge is 2.19. The third-order valence-electron chi connectivity index (χ3n) is 2.48. The van der Waals surface area contributed by atoms with Gasteiger partial charge < -0.3 is 4.90 Å². The average molecular weight is 286 g/mol. The van der Waals surface area contributed by atoms with Gasteiger partial charge in [0.05, 0.1) is 9.21 Å². The number of nitrogens with one attached hydrogen (secondary N) is 1. The van der Waals surface area contributed by atoms with Gasteiger partial charge in [-0.15, -0.1) is 21.5 Å². The number of rotatable bonds is 4. The van der Waals surface area contributed by atoms with Gasteiger partial charge in [-0.3, -0.25) is 4.79 Å². The second-order valence-electron chi connectivity index (χ2n) is 3.96. The van der Waals surface area contributed by atoms with Gasteiger partial charge in [-0.25, -0.2) is 0 Å². The predicted octanol–water partition coefficient (Wildman–Crippen LogP) is 1.79. The summed E-state index contributed by atoms with van der Waals surface area (Å²) in [4.78, 5) is 14.3. The lowest BCUT2D eigenvalue weighted by molar-refractivity contribution is 0.0792. The van der Waals surface area contributed by atoms with Crippen molar-refractivity contribution >= 4 is 28.8 Å². The highest BCUT2D eigenvalue weighted by atomic mass is 35.5. The number of hydrogen-bond acceptors (Lipinski definition) is 5. The number of halogens is 1. The number of aromatic amines is 1. The first-order valence-electron chi connectivity index (χ1n) is 5.32. The van der Waals surface area contributed by atoms with E-state index in [0.717, 1.165) is 0 Å². The summed E-state index contributed by atoms with van der Waals surface area (Å²) in [6.45, 7) is 2.46. The summed E-state index contributed by atoms with van der Waals surface area (Å²) >= 11 is 7.08. The van der Waals surface area contributed by atoms with Gasteiger partial charge in [-0.05, 0) is 12.1 Å². The Bertz CT molecular complexity index is 526. The Labute approximate surface area is 113 Å². The van der Waals surface area contributed by atoms with Gasteiger partial charge >= 0.3 is 0 Å². The van der Waals surface area contributed by atoms with E-state index in [1.54, 1.807) is 24.1 Å². The van der Waals surface area contributed by atoms with Crippen LogP contribution in [0.2, 0.25) is 4.34 Å². The van der Waals surface area contributed by atoms with Crippen LogP contribution in [0.4, 0.5) is 0 Å². The lowest BCUT2D eigenvalue weighted by atomic mass is 10.1. The SMILES string of the molecule is C[C@@H](CN(C)C(=O)c1ccc(Cl)s1)c1nn[nH]n1. The summed E-state index contributed by atoms with van der Waals surface area (Å²) in [5.74, 6) is 0.564. The van der Waals surface area contributed by atoms with Crippen LogP contribution in [0, 0.1) is 0 Å². The van der Waals surface area contributed by atoms with Crippen LogP contribution in [-0.4, -0.2) is 45.0 Å². The van der Waals surface area contributed by atoms with E-state index in [1.165, 1.54) is 11.3 Å². The Morgan fingerprint density at radius 1 is 1.61 bits per heavy atom. The van der Waals surface area contributed by atoms with Crippen molar-refractivity contribution in [2.75, 3.05) is 13.6 Å². The average Bonchev–Trinajstić information content (AvgIpc) is 2.98. The summed E-state index contributed by atoms with van der Waals surface area (Å²) in [5.41, 5.74) is 0. The maximum atomic E-state index is 12.1. The molecule has 1 amide bonds. The maximum Gasteiger partial charge on any atom is 0.263 e. The number of aromatic nitrogens is 4. The van der Waals surface area contributed by atoms with Crippen molar-refractivity contribution in [2.24, 2.45) is 0 Å². The standard InChI is InChI=1S/C10H12ClN5OS/c1-6(9-12-14-15-13-9)5-16(2)10(17)7-3-4-8(11)18-7/h3-4,6H,5H2,1-2H3,(H,12,13,14,15)/t6-/m0/s1. The molecule has 8 heteroatoms. The third kappa shape index (κ3) is 2.85. The first-order chi connectivity index (χ1) is 8.58. The minimum Gasteiger partial charge on any atom is -0.340 e. The molecule has 96 valence electrons. The summed E-state index contributed by atoms with van der Waals surface area (Å²) in [6, 6.07) is 3.45. The number of carbonyl (C=O) groups is 1. The molecule has 2 aromatic rings. The van der Waals surface area contributed by atoms with E-state index in [1.807, 2.05) is 6.92 Å². The van der Waals surface area contributed by atoms with Crippen molar-refractivity contribution in [1.82, 2.24) is 25.5 Å². The van der Waals surface area contributed by atoms with Gasteiger partial charge in [0.25, 0.3) is 5.91 Å². The molecule has 2 aromatic heterocycles. The number of carbonyl (C=O) groups excluding carboxylic acids is 1. The number of tetrazole rings is 1. The molecule has 6 nitrogen and oxygen atoms in total. The molecule has 1 N–H and O–H groups in total. The maximum absolute atomic E-state index is 12.1. The smallest absolute Gasteiger partial charge is 0.263 e. The zero-order valence-electron chi connectivity index (χ0n) is 9.92. The second-order valence-corrected chi connectivity index (χ2v) is 5.68. The van der Waals surface area contributed by atoms with Gasteiger partial charge in [0, 0.05) is 19.5 Å². The van der Waals surface area contributed by atoms with Crippen molar-refractivity contribution in [3.63, 3.8) is 0 Å². The van der Waals surface area contributed by atoms with Gasteiger partial charge in [-0.1, -0.05) is 23.7 Å². The number of amides is 1. The molecule has 2 heterocycles. The minimum absolute atomic E-state index is 0.0214. The van der Waals surface area contributed by atoms with Gasteiger partial charge in [0.15, 0.2) is 5.82 Å². The fourth-order valence-electron chi connectivity index (χ4n) is 1.57. The Hall–Kier alpha value is -1.47. The Morgan fingerprint density at radius 3 is 2.94 bits per heavy atom. The first-order valence-corrected chi connectivity index (χ1v) is 6.51. The quantitative estimate of drug-likeness (QED) is 0.929. The van der Waals surface area contributed by atoms with Crippen LogP contribution < -0.4 is 0 Å². The Morgan fingerprint density at radius 2 is 2.39 bits per heavy atom. The molecular weight excluding hydrogens is 274 g/mol. The topological polar surface area (TPSA) is 74.8 Å². The third-order valence-corrected chi connectivity index (χ3v) is 3.70. The van der Waals surface area contributed by atoms with Crippen molar-refractivity contribution in [3.05, 3.63) is 27.2 Å². The lowest BCUT2D eigenvalue weighted by Gasteiger charge is -2.18. The van der Waals surface area contributed by atoms with Gasteiger partial charge in [0.2, 0.25) is 0 Å². The largest absolute Gasteiger partial charge is 0.340 e. The monoisotopic (exact) mass is 285 g/mol. The molecule has 0 unspecified atom stereocenters. The van der Waals surface area contributed by atoms with Crippen molar-refractivity contribution in [1.29, 1.82) is 0 Å². The van der Waals surface area contributed by atoms with Crippen LogP contribution in [0.5, 0.6) is 0 Å². The highest BCUT2D eigenvalue weighted by molar-refractivity contribution is 7.17. The van der Waals surface area contributed by atoms with Crippen LogP contribution in [0.25, 0.3) is 0 Å². The lowest BCUT2D eigenvalue weighted by Crippen LogP contribution is -2.30. The van der Waals surface area contributed by atoms with Crippen molar-refractivity contribution < 1.29 is 4.79 Å². The van der Waals surface area contributed by atoms with Gasteiger partial charge in [0.1, 0.15) is 0 Å². The molecule has 0 aliphatic heterocycles. The molecule has 0 fully saturated rings. The molecule has 0 aromatic carbocycles. The van der Waals surface area contributed by atoms with Crippen LogP contribution in [-0.2, 0) is 0 Å². The number of thiophene rings is 1. The van der Waals surface area contributed by atoms with Crippen LogP contribution >= 0.6 is 22.9 Å². The Kier molecular flexibility index (Phi) is 3.93. The van der Waals surface area contributed by atoms with E-state index in [2.05, 4.69) is 20.6 Å². The highest BCUT2D eigenvalue weighted by Crippen LogP contribution is 2.23. The van der Waals surface area contributed by atoms with Crippen LogP contribution in [0.3, 0.4) is 0 Å². The van der Waals surface area contributed by atoms with Crippen molar-refractivity contribution in [3.8, 4) is 0 Å². The molecule has 2 rings (SSSR count). The van der Waals surface area contributed by atoms with Crippen molar-refractivity contribution in [2.45, 2.75) is 12.8 Å². The summed E-state index contributed by atoms with van der Waals surface area (Å²) in [5, 5.41) is 13.7. The fraction of sp³-hybridized carbons (Fsp3) is 0.400. The number of nitrogens with zero attached hydrogens (tertiary/aromatic N) is 4. The normalized spacial score (nSPS) is 12.4. The summed E-state index contributed by atoms with van der Waals surface area (Å²) in [6.07, 6.45) is 0. The molecule has 0 aliphatic rings. The molecule has 0 saturated carbocycles. The molecular formula is C10H12ClN5OS. The summed E-state index contributed by atoms with van der Waals surface area (Å²) < 4.78 is 0.609. The molecule has 0 bridgehead atoms. The van der Waals surface area contributed by atoms with Gasteiger partial charge in [-0.2, -0.15) is 5.21 Å². The molecule has 0 spiro atoms. The molecule has 0 saturated heterocycles. The number of H-pyrrole nitrogens is 1. The number of likely N-dealkylation sites (N-methyl/N-ethyl adjacent to an activating group) is 1. The molecule has 1 atom stereocenters. The first kappa shape index (κ1) is 13.0. The second kappa shape index (κ2) is 5.45. The van der Waals surface area contributed by atoms with E-state index >= 15 is 0 Å². The van der Waals surface area contributed by atoms with E-state index in [9.17, 15) is 4.79 Å². The molecule has 18 heavy (non-hydrogen) atoms. The summed E-state index contributed by atoms with van der Waals surface area (Å²) in [7, 11) is 1.74. The number of hydrogen-bond donors (Lipinski definition) is 1. The van der Waals surface area contributed by atoms with Crippen LogP contribution in [0.1, 0.15) is 28.3 Å². The predicted molar refractivity (Wildman–Crippen MR) is 68.9 cm³/mol. The Balaban J connectivity index is 1.99. The van der Waals surface area contributed by atoms with E-state index in [0.29, 0.717) is 21.6 Å². The van der Waals surface area contributed by atoms with Crippen LogP contribution in [0.15, 0.2) is 12.1 Å². The molecule has 0 radical (unpaired) electrons. The zero-order valence-corrected chi connectivity index (χ0v) is 11.5. The fourth-order valence-corrected chi connectivity index (χ4v) is 2.61. The van der Waals surface area contributed by atoms with E-state index in [-0.39, 0.29) is 11.8 Å².